The number of imidazole rings is 1. The number of carbonyl (C=O) groups is 1. The average molecular weight is 659 g/mol. The normalized spacial score (nSPS) is 15.8. The lowest BCUT2D eigenvalue weighted by molar-refractivity contribution is -0.173. The third kappa shape index (κ3) is 12.0. The third-order valence-electron chi connectivity index (χ3n) is 5.45. The molecule has 0 amide bonds. The Morgan fingerprint density at radius 1 is 1.22 bits per heavy atom. The summed E-state index contributed by atoms with van der Waals surface area (Å²) in [6.07, 6.45) is 1.76. The first-order valence-electron chi connectivity index (χ1n) is 13.9. The van der Waals surface area contributed by atoms with Crippen LogP contribution in [0.1, 0.15) is 41.5 Å². The number of allylic oxidation sites excluding steroid dienone is 1. The number of benzene rings is 1. The van der Waals surface area contributed by atoms with Gasteiger partial charge in [0.05, 0.1) is 19.5 Å². The zero-order chi connectivity index (χ0) is 33.8. The summed E-state index contributed by atoms with van der Waals surface area (Å²) in [5.41, 5.74) is 5.96. The zero-order valence-corrected chi connectivity index (χ0v) is 26.9. The van der Waals surface area contributed by atoms with Crippen molar-refractivity contribution in [2.75, 3.05) is 25.6 Å². The summed E-state index contributed by atoms with van der Waals surface area (Å²) in [6.45, 7) is 9.03. The summed E-state index contributed by atoms with van der Waals surface area (Å²) in [6, 6.07) is 6.76. The summed E-state index contributed by atoms with van der Waals surface area (Å²) in [5, 5.41) is 21.8. The monoisotopic (exact) mass is 658 g/mol. The van der Waals surface area contributed by atoms with Gasteiger partial charge >= 0.3 is 13.7 Å². The number of hydrogen-bond acceptors (Lipinski definition) is 12. The maximum absolute atomic E-state index is 14.3. The maximum Gasteiger partial charge on any atom is 0.459 e. The highest BCUT2D eigenvalue weighted by atomic mass is 31.2. The van der Waals surface area contributed by atoms with Crippen LogP contribution in [0, 0.1) is 5.41 Å². The van der Waals surface area contributed by atoms with Crippen LogP contribution in [0.15, 0.2) is 48.8 Å². The molecule has 3 rings (SSSR count). The summed E-state index contributed by atoms with van der Waals surface area (Å²) >= 11 is 0. The highest BCUT2D eigenvalue weighted by Crippen LogP contribution is 2.46. The Labute approximate surface area is 260 Å². The lowest BCUT2D eigenvalue weighted by Gasteiger charge is -2.27. The molecule has 17 heteroatoms. The van der Waals surface area contributed by atoms with Crippen LogP contribution in [0.25, 0.3) is 11.2 Å². The highest BCUT2D eigenvalue weighted by Gasteiger charge is 2.40. The van der Waals surface area contributed by atoms with E-state index in [9.17, 15) is 28.4 Å². The Morgan fingerprint density at radius 3 is 2.47 bits per heavy atom. The predicted octanol–water partition coefficient (Wildman–Crippen LogP) is 4.09. The highest BCUT2D eigenvalue weighted by molar-refractivity contribution is 7.52. The summed E-state index contributed by atoms with van der Waals surface area (Å²) in [5.74, 6) is -3.50. The summed E-state index contributed by atoms with van der Waals surface area (Å²) in [4.78, 5) is 24.0. The second-order valence-electron chi connectivity index (χ2n) is 10.8. The maximum atomic E-state index is 14.3. The molecular weight excluding hydrogens is 617 g/mol. The van der Waals surface area contributed by atoms with Crippen LogP contribution in [0.3, 0.4) is 0 Å². The van der Waals surface area contributed by atoms with Crippen LogP contribution >= 0.6 is 7.75 Å². The van der Waals surface area contributed by atoms with Crippen molar-refractivity contribution < 1.29 is 46.9 Å². The van der Waals surface area contributed by atoms with Crippen molar-refractivity contribution in [1.29, 1.82) is 0 Å². The Balaban J connectivity index is 0.000000388. The molecule has 0 bridgehead atoms. The molecule has 250 valence electrons. The minimum absolute atomic E-state index is 0.0427. The van der Waals surface area contributed by atoms with Crippen LogP contribution < -0.4 is 20.1 Å². The first-order valence-corrected chi connectivity index (χ1v) is 15.4. The van der Waals surface area contributed by atoms with E-state index in [0.717, 1.165) is 6.08 Å². The number of ether oxygens (including phenoxy) is 2. The molecular formula is C28H41F2N6O8P. The van der Waals surface area contributed by atoms with Gasteiger partial charge < -0.3 is 29.9 Å². The van der Waals surface area contributed by atoms with Gasteiger partial charge in [-0.1, -0.05) is 51.1 Å². The summed E-state index contributed by atoms with van der Waals surface area (Å²) in [7, 11) is -4.36. The molecule has 0 saturated heterocycles. The molecule has 0 spiro atoms. The van der Waals surface area contributed by atoms with Gasteiger partial charge in [-0.2, -0.15) is 15.1 Å². The van der Waals surface area contributed by atoms with E-state index >= 15 is 0 Å². The molecule has 2 aromatic heterocycles. The number of carbonyl (C=O) groups excluding carboxylic acids is 1. The van der Waals surface area contributed by atoms with Crippen molar-refractivity contribution in [1.82, 2.24) is 24.6 Å². The number of aromatic nitrogens is 4. The second-order valence-corrected chi connectivity index (χ2v) is 12.5. The molecule has 2 heterocycles. The van der Waals surface area contributed by atoms with Gasteiger partial charge in [0.25, 0.3) is 5.85 Å². The molecule has 0 aliphatic carbocycles. The first-order chi connectivity index (χ1) is 21.0. The lowest BCUT2D eigenvalue weighted by Crippen LogP contribution is -2.42. The van der Waals surface area contributed by atoms with Crippen molar-refractivity contribution in [3.8, 4) is 11.6 Å². The molecule has 0 aliphatic rings. The number of nitrogens with one attached hydrogen (secondary N) is 1. The number of aliphatic hydroxyl groups is 2. The van der Waals surface area contributed by atoms with Crippen LogP contribution in [0.5, 0.6) is 11.6 Å². The number of nitrogens with two attached hydrogens (primary N) is 1. The van der Waals surface area contributed by atoms with Gasteiger partial charge in [-0.05, 0) is 38.3 Å². The predicted molar refractivity (Wildman–Crippen MR) is 163 cm³/mol. The number of para-hydroxylation sites is 1. The van der Waals surface area contributed by atoms with Crippen LogP contribution in [0.2, 0.25) is 0 Å². The molecule has 0 aliphatic heterocycles. The fourth-order valence-electron chi connectivity index (χ4n) is 3.26. The van der Waals surface area contributed by atoms with Crippen molar-refractivity contribution in [2.24, 2.45) is 5.41 Å². The molecule has 45 heavy (non-hydrogen) atoms. The van der Waals surface area contributed by atoms with Gasteiger partial charge in [-0.15, -0.1) is 0 Å². The van der Waals surface area contributed by atoms with E-state index in [1.807, 2.05) is 27.7 Å². The number of nitrogens with zero attached hydrogens (tertiary/aromatic N) is 4. The third-order valence-corrected chi connectivity index (χ3v) is 7.07. The van der Waals surface area contributed by atoms with E-state index in [1.165, 1.54) is 43.0 Å². The van der Waals surface area contributed by atoms with Crippen LogP contribution in [0.4, 0.5) is 14.7 Å². The standard InChI is InChI=1S/C20H31FNO7P.C8H10FN5O/c1-6-10-17(23)20(21,25)14-28-30(26,29-16-11-8-7-9-12-16)22-15(2)18(24)27-13-19(3,4)5;1-2-15-7-5-6(12-8(10)13-7)14(3-9)4-11-5/h6-12,15,17,23,25H,13-14H2,1-5H3,(H,22,26);4H,2-3H2,1H3,(H2,10,12,13)/t15?,17-,20+,30?;/m0./s1. The number of hydrogen-bond donors (Lipinski definition) is 4. The van der Waals surface area contributed by atoms with Crippen molar-refractivity contribution >= 4 is 30.8 Å². The van der Waals surface area contributed by atoms with Gasteiger partial charge in [0.15, 0.2) is 18.0 Å². The number of fused-ring (bicyclic) bond motifs is 1. The SMILES string of the molecule is CC=C[C@H](O)[C@@](O)(F)COP(=O)(NC(C)C(=O)OCC(C)(C)C)Oc1ccccc1.CCOc1nc(N)nc2c1ncn2CF. The topological polar surface area (TPSA) is 193 Å². The molecule has 3 aromatic rings. The fourth-order valence-corrected chi connectivity index (χ4v) is 4.77. The van der Waals surface area contributed by atoms with Crippen molar-refractivity contribution in [2.45, 2.75) is 66.3 Å². The Bertz CT molecular complexity index is 1450. The molecule has 1 aromatic carbocycles. The van der Waals surface area contributed by atoms with Crippen LogP contribution in [-0.4, -0.2) is 73.5 Å². The van der Waals surface area contributed by atoms with E-state index < -0.39 is 45.1 Å². The van der Waals surface area contributed by atoms with Gasteiger partial charge in [-0.25, -0.2) is 18.3 Å². The number of rotatable bonds is 14. The number of alkyl halides is 2. The zero-order valence-electron chi connectivity index (χ0n) is 26.0. The largest absolute Gasteiger partial charge is 0.476 e. The molecule has 0 fully saturated rings. The minimum atomic E-state index is -4.36. The number of anilines is 1. The van der Waals surface area contributed by atoms with Crippen molar-refractivity contribution in [3.63, 3.8) is 0 Å². The van der Waals surface area contributed by atoms with Crippen LogP contribution in [-0.2, 0) is 25.4 Å². The van der Waals surface area contributed by atoms with Crippen molar-refractivity contribution in [3.05, 3.63) is 48.8 Å². The Morgan fingerprint density at radius 2 is 1.89 bits per heavy atom. The number of halogens is 2. The average Bonchev–Trinajstić information content (AvgIpc) is 3.38. The first kappa shape index (κ1) is 37.5. The van der Waals surface area contributed by atoms with Gasteiger partial charge in [0.2, 0.25) is 11.8 Å². The molecule has 14 nitrogen and oxygen atoms in total. The Hall–Kier alpha value is -3.69. The number of esters is 1. The second kappa shape index (κ2) is 16.6. The summed E-state index contributed by atoms with van der Waals surface area (Å²) < 4.78 is 62.0. The molecule has 0 radical (unpaired) electrons. The number of nitrogen functional groups attached to an aromatic ring is 1. The molecule has 4 atom stereocenters. The molecule has 0 saturated carbocycles. The van der Waals surface area contributed by atoms with E-state index in [1.54, 1.807) is 18.2 Å². The lowest BCUT2D eigenvalue weighted by atomic mass is 9.99. The van der Waals surface area contributed by atoms with E-state index in [4.69, 9.17) is 24.3 Å². The number of aliphatic hydroxyl groups excluding tert-OH is 1. The quantitative estimate of drug-likeness (QED) is 0.110. The smallest absolute Gasteiger partial charge is 0.459 e. The van der Waals surface area contributed by atoms with E-state index in [0.29, 0.717) is 17.8 Å². The minimum Gasteiger partial charge on any atom is -0.476 e. The Kier molecular flexibility index (Phi) is 13.8. The molecule has 2 unspecified atom stereocenters. The van der Waals surface area contributed by atoms with Gasteiger partial charge in [0, 0.05) is 0 Å². The van der Waals surface area contributed by atoms with E-state index in [2.05, 4.69) is 20.0 Å². The van der Waals surface area contributed by atoms with E-state index in [-0.39, 0.29) is 29.6 Å². The molecule has 5 N–H and O–H groups in total. The fraction of sp³-hybridized carbons (Fsp3) is 0.500. The van der Waals surface area contributed by atoms with Gasteiger partial charge in [0.1, 0.15) is 24.5 Å². The van der Waals surface area contributed by atoms with Gasteiger partial charge in [-0.3, -0.25) is 13.9 Å².